The van der Waals surface area contributed by atoms with Gasteiger partial charge in [0.15, 0.2) is 0 Å². The van der Waals surface area contributed by atoms with E-state index in [1.165, 1.54) is 17.8 Å². The summed E-state index contributed by atoms with van der Waals surface area (Å²) >= 11 is 1.23. The van der Waals surface area contributed by atoms with Crippen LogP contribution in [0.3, 0.4) is 0 Å². The number of amides is 1. The molecule has 1 aliphatic heterocycles. The van der Waals surface area contributed by atoms with Gasteiger partial charge in [0.2, 0.25) is 0 Å². The third-order valence-electron chi connectivity index (χ3n) is 3.51. The van der Waals surface area contributed by atoms with Crippen LogP contribution in [0.4, 0.5) is 24.5 Å². The van der Waals surface area contributed by atoms with Gasteiger partial charge in [-0.3, -0.25) is 9.69 Å². The van der Waals surface area contributed by atoms with Crippen LogP contribution in [-0.4, -0.2) is 18.5 Å². The van der Waals surface area contributed by atoms with E-state index in [0.717, 1.165) is 17.0 Å². The number of hydrogen-bond donors (Lipinski definition) is 0. The quantitative estimate of drug-likeness (QED) is 0.554. The molecule has 0 atom stereocenters. The molecule has 2 aromatic carbocycles. The zero-order valence-corrected chi connectivity index (χ0v) is 13.8. The zero-order chi connectivity index (χ0) is 18.2. The molecule has 0 spiro atoms. The van der Waals surface area contributed by atoms with E-state index in [4.69, 9.17) is 4.74 Å². The molecule has 1 heterocycles. The Morgan fingerprint density at radius 2 is 1.76 bits per heavy atom. The number of benzene rings is 2. The Labute approximate surface area is 145 Å². The molecule has 0 bridgehead atoms. The number of fused-ring (bicyclic) bond motifs is 2. The molecular formula is C17H12F3NO3S. The Bertz CT molecular complexity index is 851. The van der Waals surface area contributed by atoms with Gasteiger partial charge >= 0.3 is 18.1 Å². The minimum absolute atomic E-state index is 0.00966. The van der Waals surface area contributed by atoms with Crippen molar-refractivity contribution in [1.29, 1.82) is 0 Å². The number of para-hydroxylation sites is 1. The molecule has 0 unspecified atom stereocenters. The lowest BCUT2D eigenvalue weighted by atomic mass is 10.1. The lowest BCUT2D eigenvalue weighted by Crippen LogP contribution is -2.36. The number of esters is 1. The second-order valence-electron chi connectivity index (χ2n) is 5.11. The molecule has 130 valence electrons. The first-order valence-electron chi connectivity index (χ1n) is 7.32. The maximum absolute atomic E-state index is 13.1. The second-order valence-corrected chi connectivity index (χ2v) is 6.19. The van der Waals surface area contributed by atoms with Gasteiger partial charge in [0.25, 0.3) is 0 Å². The van der Waals surface area contributed by atoms with Gasteiger partial charge in [-0.05, 0) is 37.3 Å². The van der Waals surface area contributed by atoms with E-state index in [-0.39, 0.29) is 12.3 Å². The first-order chi connectivity index (χ1) is 11.8. The van der Waals surface area contributed by atoms with Crippen LogP contribution in [0.15, 0.2) is 52.3 Å². The summed E-state index contributed by atoms with van der Waals surface area (Å²) < 4.78 is 43.9. The average Bonchev–Trinajstić information content (AvgIpc) is 2.58. The fraction of sp³-hybridized carbons (Fsp3) is 0.176. The van der Waals surface area contributed by atoms with Crippen LogP contribution >= 0.6 is 11.8 Å². The van der Waals surface area contributed by atoms with Crippen LogP contribution in [0.2, 0.25) is 0 Å². The topological polar surface area (TPSA) is 46.6 Å². The maximum atomic E-state index is 13.1. The number of alkyl halides is 3. The third-order valence-corrected chi connectivity index (χ3v) is 4.64. The molecule has 4 nitrogen and oxygen atoms in total. The number of carbonyl (C=O) groups is 2. The molecule has 8 heteroatoms. The normalized spacial score (nSPS) is 13.0. The summed E-state index contributed by atoms with van der Waals surface area (Å²) in [5.74, 6) is -2.15. The van der Waals surface area contributed by atoms with Crippen molar-refractivity contribution >= 4 is 35.0 Å². The summed E-state index contributed by atoms with van der Waals surface area (Å²) in [6.45, 7) is 1.53. The number of ether oxygens (including phenoxy) is 1. The Morgan fingerprint density at radius 1 is 1.08 bits per heavy atom. The van der Waals surface area contributed by atoms with Crippen molar-refractivity contribution in [2.75, 3.05) is 11.5 Å². The van der Waals surface area contributed by atoms with Crippen molar-refractivity contribution in [3.8, 4) is 0 Å². The molecule has 1 aliphatic rings. The van der Waals surface area contributed by atoms with Crippen molar-refractivity contribution in [3.05, 3.63) is 48.0 Å². The number of nitrogens with zero attached hydrogens (tertiary/aromatic N) is 1. The third kappa shape index (κ3) is 3.21. The molecule has 0 N–H and O–H groups in total. The minimum Gasteiger partial charge on any atom is -0.459 e. The van der Waals surface area contributed by atoms with Crippen LogP contribution in [-0.2, 0) is 20.5 Å². The Balaban J connectivity index is 2.16. The van der Waals surface area contributed by atoms with Gasteiger partial charge in [-0.15, -0.1) is 0 Å². The van der Waals surface area contributed by atoms with Gasteiger partial charge in [0.05, 0.1) is 23.5 Å². The van der Waals surface area contributed by atoms with Crippen LogP contribution in [0.1, 0.15) is 12.5 Å². The van der Waals surface area contributed by atoms with E-state index in [1.54, 1.807) is 31.2 Å². The van der Waals surface area contributed by atoms with E-state index < -0.39 is 23.6 Å². The summed E-state index contributed by atoms with van der Waals surface area (Å²) in [5, 5.41) is 0. The lowest BCUT2D eigenvalue weighted by Gasteiger charge is -2.30. The Hall–Kier alpha value is -2.48. The number of carbonyl (C=O) groups excluding carboxylic acids is 2. The van der Waals surface area contributed by atoms with Crippen molar-refractivity contribution < 1.29 is 27.5 Å². The van der Waals surface area contributed by atoms with Crippen LogP contribution in [0.5, 0.6) is 0 Å². The maximum Gasteiger partial charge on any atom is 0.416 e. The summed E-state index contributed by atoms with van der Waals surface area (Å²) in [6, 6.07) is 9.80. The second kappa shape index (κ2) is 6.44. The highest BCUT2D eigenvalue weighted by atomic mass is 32.2. The highest BCUT2D eigenvalue weighted by Gasteiger charge is 2.36. The summed E-state index contributed by atoms with van der Waals surface area (Å²) in [6.07, 6.45) is -4.56. The van der Waals surface area contributed by atoms with Gasteiger partial charge in [-0.25, -0.2) is 4.79 Å². The first-order valence-corrected chi connectivity index (χ1v) is 8.14. The van der Waals surface area contributed by atoms with E-state index in [9.17, 15) is 22.8 Å². The highest BCUT2D eigenvalue weighted by molar-refractivity contribution is 7.99. The molecule has 3 rings (SSSR count). The van der Waals surface area contributed by atoms with Crippen LogP contribution in [0.25, 0.3) is 0 Å². The van der Waals surface area contributed by atoms with E-state index >= 15 is 0 Å². The predicted octanol–water partition coefficient (Wildman–Crippen LogP) is 4.40. The van der Waals surface area contributed by atoms with Gasteiger partial charge < -0.3 is 4.74 Å². The van der Waals surface area contributed by atoms with Crippen molar-refractivity contribution in [3.63, 3.8) is 0 Å². The monoisotopic (exact) mass is 367 g/mol. The van der Waals surface area contributed by atoms with Crippen molar-refractivity contribution in [2.45, 2.75) is 22.9 Å². The van der Waals surface area contributed by atoms with Gasteiger partial charge in [0.1, 0.15) is 0 Å². The Morgan fingerprint density at radius 3 is 2.44 bits per heavy atom. The average molecular weight is 367 g/mol. The van der Waals surface area contributed by atoms with E-state index in [0.29, 0.717) is 15.5 Å². The molecule has 0 aliphatic carbocycles. The molecule has 0 saturated heterocycles. The molecule has 25 heavy (non-hydrogen) atoms. The van der Waals surface area contributed by atoms with E-state index in [1.807, 2.05) is 0 Å². The fourth-order valence-electron chi connectivity index (χ4n) is 2.43. The van der Waals surface area contributed by atoms with Gasteiger partial charge in [0, 0.05) is 9.79 Å². The molecule has 0 aromatic heterocycles. The number of rotatable bonds is 1. The molecule has 0 fully saturated rings. The van der Waals surface area contributed by atoms with Crippen LogP contribution in [0, 0.1) is 0 Å². The fourth-order valence-corrected chi connectivity index (χ4v) is 3.47. The van der Waals surface area contributed by atoms with Crippen molar-refractivity contribution in [2.24, 2.45) is 0 Å². The lowest BCUT2D eigenvalue weighted by molar-refractivity contribution is -0.152. The summed E-state index contributed by atoms with van der Waals surface area (Å²) in [7, 11) is 0. The summed E-state index contributed by atoms with van der Waals surface area (Å²) in [5.41, 5.74) is -0.540. The predicted molar refractivity (Wildman–Crippen MR) is 85.8 cm³/mol. The summed E-state index contributed by atoms with van der Waals surface area (Å²) in [4.78, 5) is 26.5. The molecular weight excluding hydrogens is 355 g/mol. The largest absolute Gasteiger partial charge is 0.459 e. The SMILES string of the molecule is CCOC(=O)C(=O)N1c2ccccc2Sc2ccc(C(F)(F)F)cc21. The number of halogens is 3. The standard InChI is InChI=1S/C17H12F3NO3S/c1-2-24-16(23)15(22)21-11-5-3-4-6-13(11)25-14-8-7-10(9-12(14)21)17(18,19)20/h3-9H,2H2,1H3. The molecule has 1 amide bonds. The minimum atomic E-state index is -4.56. The van der Waals surface area contributed by atoms with Gasteiger partial charge in [-0.1, -0.05) is 23.9 Å². The number of anilines is 2. The molecule has 0 saturated carbocycles. The zero-order valence-electron chi connectivity index (χ0n) is 13.0. The number of hydrogen-bond acceptors (Lipinski definition) is 4. The highest BCUT2D eigenvalue weighted by Crippen LogP contribution is 2.49. The molecule has 2 aromatic rings. The molecule has 0 radical (unpaired) electrons. The Kier molecular flexibility index (Phi) is 4.47. The van der Waals surface area contributed by atoms with Crippen molar-refractivity contribution in [1.82, 2.24) is 0 Å². The van der Waals surface area contributed by atoms with E-state index in [2.05, 4.69) is 0 Å². The van der Waals surface area contributed by atoms with Gasteiger partial charge in [-0.2, -0.15) is 13.2 Å². The first kappa shape index (κ1) is 17.3. The van der Waals surface area contributed by atoms with Crippen LogP contribution < -0.4 is 4.90 Å². The smallest absolute Gasteiger partial charge is 0.416 e.